The van der Waals surface area contributed by atoms with Gasteiger partial charge in [-0.2, -0.15) is 0 Å². The summed E-state index contributed by atoms with van der Waals surface area (Å²) in [6.45, 7) is 8.51. The van der Waals surface area contributed by atoms with E-state index in [2.05, 4.69) is 50.2 Å². The normalized spacial score (nSPS) is 10.9. The molecule has 20 heavy (non-hydrogen) atoms. The summed E-state index contributed by atoms with van der Waals surface area (Å²) in [6, 6.07) is 8.12. The third-order valence-electron chi connectivity index (χ3n) is 3.25. The molecule has 0 spiro atoms. The molecule has 3 N–H and O–H groups in total. The minimum Gasteiger partial charge on any atom is -0.308 e. The third kappa shape index (κ3) is 3.14. The molecular weight excluding hydrogens is 248 g/mol. The molecule has 4 nitrogen and oxygen atoms in total. The van der Waals surface area contributed by atoms with Crippen LogP contribution in [0.5, 0.6) is 0 Å². The van der Waals surface area contributed by atoms with E-state index in [0.717, 1.165) is 23.5 Å². The predicted octanol–water partition coefficient (Wildman–Crippen LogP) is 3.24. The molecule has 0 amide bonds. The van der Waals surface area contributed by atoms with Crippen molar-refractivity contribution >= 4 is 5.82 Å². The van der Waals surface area contributed by atoms with Crippen molar-refractivity contribution in [2.45, 2.75) is 34.1 Å². The second-order valence-electron chi connectivity index (χ2n) is 5.58. The first-order valence-corrected chi connectivity index (χ1v) is 6.92. The maximum absolute atomic E-state index is 5.53. The van der Waals surface area contributed by atoms with Gasteiger partial charge in [0.2, 0.25) is 0 Å². The molecule has 4 heteroatoms. The Hall–Kier alpha value is -1.94. The average Bonchev–Trinajstić information content (AvgIpc) is 2.37. The van der Waals surface area contributed by atoms with Crippen LogP contribution < -0.4 is 11.3 Å². The van der Waals surface area contributed by atoms with Gasteiger partial charge in [0.15, 0.2) is 5.82 Å². The largest absolute Gasteiger partial charge is 0.308 e. The molecule has 0 aliphatic rings. The first-order valence-electron chi connectivity index (χ1n) is 6.92. The van der Waals surface area contributed by atoms with Gasteiger partial charge in [-0.15, -0.1) is 0 Å². The second kappa shape index (κ2) is 6.01. The van der Waals surface area contributed by atoms with Crippen LogP contribution in [0.4, 0.5) is 5.82 Å². The van der Waals surface area contributed by atoms with Gasteiger partial charge in [0, 0.05) is 17.3 Å². The van der Waals surface area contributed by atoms with Crippen LogP contribution in [0.2, 0.25) is 0 Å². The summed E-state index contributed by atoms with van der Waals surface area (Å²) in [5, 5.41) is 0. The molecule has 0 aliphatic heterocycles. The standard InChI is InChI=1S/C16H22N4/c1-10(2)8-13-9-14(20-17)19-16(18-13)15-11(3)6-5-7-12(15)4/h5-7,9-10H,8,17H2,1-4H3,(H,18,19,20). The smallest absolute Gasteiger partial charge is 0.162 e. The SMILES string of the molecule is Cc1cccc(C)c1-c1nc(CC(C)C)cc(NN)n1. The van der Waals surface area contributed by atoms with Crippen molar-refractivity contribution in [2.24, 2.45) is 11.8 Å². The van der Waals surface area contributed by atoms with E-state index < -0.39 is 0 Å². The summed E-state index contributed by atoms with van der Waals surface area (Å²) >= 11 is 0. The molecule has 2 aromatic rings. The molecule has 0 radical (unpaired) electrons. The van der Waals surface area contributed by atoms with E-state index in [1.165, 1.54) is 11.1 Å². The molecule has 2 rings (SSSR count). The number of hydrogen-bond donors (Lipinski definition) is 2. The zero-order valence-electron chi connectivity index (χ0n) is 12.6. The van der Waals surface area contributed by atoms with Crippen LogP contribution in [0.25, 0.3) is 11.4 Å². The summed E-state index contributed by atoms with van der Waals surface area (Å²) < 4.78 is 0. The van der Waals surface area contributed by atoms with Crippen molar-refractivity contribution in [3.8, 4) is 11.4 Å². The molecular formula is C16H22N4. The highest BCUT2D eigenvalue weighted by Gasteiger charge is 2.12. The van der Waals surface area contributed by atoms with E-state index in [0.29, 0.717) is 11.7 Å². The zero-order chi connectivity index (χ0) is 14.7. The van der Waals surface area contributed by atoms with E-state index in [4.69, 9.17) is 10.8 Å². The first-order chi connectivity index (χ1) is 9.51. The number of benzene rings is 1. The monoisotopic (exact) mass is 270 g/mol. The maximum atomic E-state index is 5.53. The number of nitrogen functional groups attached to an aromatic ring is 1. The summed E-state index contributed by atoms with van der Waals surface area (Å²) in [6.07, 6.45) is 0.912. The van der Waals surface area contributed by atoms with Crippen LogP contribution in [-0.2, 0) is 6.42 Å². The van der Waals surface area contributed by atoms with Crippen LogP contribution in [0.1, 0.15) is 30.7 Å². The fourth-order valence-corrected chi connectivity index (χ4v) is 2.37. The predicted molar refractivity (Wildman–Crippen MR) is 83.3 cm³/mol. The number of hydrogen-bond acceptors (Lipinski definition) is 4. The van der Waals surface area contributed by atoms with Crippen molar-refractivity contribution in [1.82, 2.24) is 9.97 Å². The van der Waals surface area contributed by atoms with Crippen molar-refractivity contribution in [2.75, 3.05) is 5.43 Å². The molecule has 0 unspecified atom stereocenters. The summed E-state index contributed by atoms with van der Waals surface area (Å²) in [5.41, 5.74) is 7.10. The number of aryl methyl sites for hydroxylation is 2. The molecule has 1 heterocycles. The fraction of sp³-hybridized carbons (Fsp3) is 0.375. The minimum atomic E-state index is 0.543. The Labute approximate surface area is 120 Å². The number of rotatable bonds is 4. The number of anilines is 1. The molecule has 1 aromatic heterocycles. The summed E-state index contributed by atoms with van der Waals surface area (Å²) in [5.74, 6) is 7.48. The lowest BCUT2D eigenvalue weighted by molar-refractivity contribution is 0.635. The quantitative estimate of drug-likeness (QED) is 0.661. The Morgan fingerprint density at radius 1 is 1.15 bits per heavy atom. The van der Waals surface area contributed by atoms with Crippen LogP contribution in [-0.4, -0.2) is 9.97 Å². The Kier molecular flexibility index (Phi) is 4.35. The Bertz CT molecular complexity index is 585. The highest BCUT2D eigenvalue weighted by atomic mass is 15.3. The van der Waals surface area contributed by atoms with Gasteiger partial charge >= 0.3 is 0 Å². The third-order valence-corrected chi connectivity index (χ3v) is 3.25. The lowest BCUT2D eigenvalue weighted by Crippen LogP contribution is -2.11. The Morgan fingerprint density at radius 3 is 2.35 bits per heavy atom. The van der Waals surface area contributed by atoms with Gasteiger partial charge in [-0.05, 0) is 37.3 Å². The van der Waals surface area contributed by atoms with Gasteiger partial charge in [-0.3, -0.25) is 0 Å². The lowest BCUT2D eigenvalue weighted by atomic mass is 10.0. The Morgan fingerprint density at radius 2 is 1.80 bits per heavy atom. The molecule has 0 saturated heterocycles. The maximum Gasteiger partial charge on any atom is 0.162 e. The number of nitrogens with one attached hydrogen (secondary N) is 1. The topological polar surface area (TPSA) is 63.8 Å². The van der Waals surface area contributed by atoms with E-state index in [9.17, 15) is 0 Å². The molecule has 0 atom stereocenters. The number of aromatic nitrogens is 2. The van der Waals surface area contributed by atoms with Gasteiger partial charge in [-0.1, -0.05) is 32.0 Å². The summed E-state index contributed by atoms with van der Waals surface area (Å²) in [4.78, 5) is 9.21. The van der Waals surface area contributed by atoms with Crippen molar-refractivity contribution in [3.63, 3.8) is 0 Å². The van der Waals surface area contributed by atoms with E-state index >= 15 is 0 Å². The van der Waals surface area contributed by atoms with Crippen LogP contribution >= 0.6 is 0 Å². The van der Waals surface area contributed by atoms with Crippen molar-refractivity contribution in [1.29, 1.82) is 0 Å². The molecule has 0 aliphatic carbocycles. The highest BCUT2D eigenvalue weighted by Crippen LogP contribution is 2.25. The zero-order valence-corrected chi connectivity index (χ0v) is 12.6. The van der Waals surface area contributed by atoms with Gasteiger partial charge in [0.05, 0.1) is 0 Å². The number of hydrazine groups is 1. The van der Waals surface area contributed by atoms with Gasteiger partial charge in [0.25, 0.3) is 0 Å². The van der Waals surface area contributed by atoms with Gasteiger partial charge < -0.3 is 5.43 Å². The summed E-state index contributed by atoms with van der Waals surface area (Å²) in [7, 11) is 0. The average molecular weight is 270 g/mol. The van der Waals surface area contributed by atoms with Crippen molar-refractivity contribution < 1.29 is 0 Å². The Balaban J connectivity index is 2.55. The molecule has 0 bridgehead atoms. The fourth-order valence-electron chi connectivity index (χ4n) is 2.37. The van der Waals surface area contributed by atoms with Crippen molar-refractivity contribution in [3.05, 3.63) is 41.1 Å². The van der Waals surface area contributed by atoms with E-state index in [1.54, 1.807) is 0 Å². The first kappa shape index (κ1) is 14.5. The molecule has 0 saturated carbocycles. The van der Waals surface area contributed by atoms with E-state index in [-0.39, 0.29) is 0 Å². The molecule has 106 valence electrons. The highest BCUT2D eigenvalue weighted by molar-refractivity contribution is 5.65. The van der Waals surface area contributed by atoms with Crippen LogP contribution in [0, 0.1) is 19.8 Å². The van der Waals surface area contributed by atoms with Crippen LogP contribution in [0.3, 0.4) is 0 Å². The number of nitrogens with two attached hydrogens (primary N) is 1. The molecule has 0 fully saturated rings. The molecule has 1 aromatic carbocycles. The van der Waals surface area contributed by atoms with Gasteiger partial charge in [0.1, 0.15) is 5.82 Å². The van der Waals surface area contributed by atoms with Gasteiger partial charge in [-0.25, -0.2) is 15.8 Å². The number of nitrogens with zero attached hydrogens (tertiary/aromatic N) is 2. The van der Waals surface area contributed by atoms with Crippen LogP contribution in [0.15, 0.2) is 24.3 Å². The minimum absolute atomic E-state index is 0.543. The lowest BCUT2D eigenvalue weighted by Gasteiger charge is -2.12. The second-order valence-corrected chi connectivity index (χ2v) is 5.58. The van der Waals surface area contributed by atoms with E-state index in [1.807, 2.05) is 12.1 Å².